The Kier molecular flexibility index (Phi) is 5.50. The number of nitrogens with zero attached hydrogens (tertiary/aromatic N) is 2. The van der Waals surface area contributed by atoms with Crippen LogP contribution in [-0.2, 0) is 4.79 Å². The van der Waals surface area contributed by atoms with Gasteiger partial charge in [0.25, 0.3) is 11.8 Å². The predicted molar refractivity (Wildman–Crippen MR) is 112 cm³/mol. The Labute approximate surface area is 177 Å². The van der Waals surface area contributed by atoms with Crippen LogP contribution in [0.15, 0.2) is 36.4 Å². The number of carbonyl (C=O) groups excluding carboxylic acids is 2. The van der Waals surface area contributed by atoms with Gasteiger partial charge >= 0.3 is 0 Å². The minimum Gasteiger partial charge on any atom is -0.493 e. The highest BCUT2D eigenvalue weighted by Gasteiger charge is 2.33. The van der Waals surface area contributed by atoms with E-state index in [0.29, 0.717) is 12.1 Å². The maximum atomic E-state index is 13.3. The number of rotatable bonds is 6. The largest absolute Gasteiger partial charge is 0.493 e. The van der Waals surface area contributed by atoms with Gasteiger partial charge in [-0.2, -0.15) is 0 Å². The van der Waals surface area contributed by atoms with Crippen molar-refractivity contribution in [3.8, 4) is 11.5 Å². The zero-order chi connectivity index (χ0) is 21.3. The van der Waals surface area contributed by atoms with E-state index in [-0.39, 0.29) is 35.1 Å². The number of imidazole rings is 1. The van der Waals surface area contributed by atoms with Gasteiger partial charge in [0.05, 0.1) is 29.2 Å². The molecule has 2 heterocycles. The van der Waals surface area contributed by atoms with E-state index in [0.717, 1.165) is 29.7 Å². The fourth-order valence-electron chi connectivity index (χ4n) is 3.72. The molecule has 9 heteroatoms. The van der Waals surface area contributed by atoms with Crippen LogP contribution in [0.25, 0.3) is 11.0 Å². The third-order valence-corrected chi connectivity index (χ3v) is 5.35. The number of primary amides is 1. The SMILES string of the molecule is COc1cc(C(=O)N2CCCC2c2nc3ccccc3[nH]2)cc(Cl)c1OCC(N)=O. The summed E-state index contributed by atoms with van der Waals surface area (Å²) in [5.41, 5.74) is 7.30. The number of likely N-dealkylation sites (tertiary alicyclic amines) is 1. The second kappa shape index (κ2) is 8.23. The van der Waals surface area contributed by atoms with Crippen molar-refractivity contribution in [2.75, 3.05) is 20.3 Å². The van der Waals surface area contributed by atoms with Crippen LogP contribution >= 0.6 is 11.6 Å². The fraction of sp³-hybridized carbons (Fsp3) is 0.286. The lowest BCUT2D eigenvalue weighted by atomic mass is 10.1. The van der Waals surface area contributed by atoms with Crippen LogP contribution in [0.1, 0.15) is 35.1 Å². The van der Waals surface area contributed by atoms with Crippen LogP contribution in [-0.4, -0.2) is 46.9 Å². The van der Waals surface area contributed by atoms with Crippen LogP contribution in [0.4, 0.5) is 0 Å². The molecule has 2 aromatic carbocycles. The first kappa shape index (κ1) is 20.0. The molecule has 0 saturated carbocycles. The first-order valence-corrected chi connectivity index (χ1v) is 9.90. The van der Waals surface area contributed by atoms with Gasteiger partial charge in [0.15, 0.2) is 18.1 Å². The molecule has 1 atom stereocenters. The van der Waals surface area contributed by atoms with Gasteiger partial charge in [-0.05, 0) is 37.1 Å². The number of nitrogens with two attached hydrogens (primary N) is 1. The second-order valence-electron chi connectivity index (χ2n) is 7.04. The van der Waals surface area contributed by atoms with Crippen LogP contribution in [0.2, 0.25) is 5.02 Å². The number of hydrogen-bond acceptors (Lipinski definition) is 5. The van der Waals surface area contributed by atoms with Gasteiger partial charge in [0, 0.05) is 12.1 Å². The first-order valence-electron chi connectivity index (χ1n) is 9.52. The number of carbonyl (C=O) groups is 2. The van der Waals surface area contributed by atoms with Gasteiger partial charge in [-0.1, -0.05) is 23.7 Å². The Morgan fingerprint density at radius 1 is 1.33 bits per heavy atom. The fourth-order valence-corrected chi connectivity index (χ4v) is 3.98. The summed E-state index contributed by atoms with van der Waals surface area (Å²) in [5.74, 6) is 0.372. The molecule has 156 valence electrons. The molecule has 30 heavy (non-hydrogen) atoms. The number of H-pyrrole nitrogens is 1. The summed E-state index contributed by atoms with van der Waals surface area (Å²) < 4.78 is 10.6. The summed E-state index contributed by atoms with van der Waals surface area (Å²) in [4.78, 5) is 34.1. The van der Waals surface area contributed by atoms with Crippen molar-refractivity contribution >= 4 is 34.4 Å². The summed E-state index contributed by atoms with van der Waals surface area (Å²) in [5, 5.41) is 0.165. The van der Waals surface area contributed by atoms with E-state index in [1.165, 1.54) is 13.2 Å². The molecule has 2 amide bonds. The van der Waals surface area contributed by atoms with Crippen LogP contribution in [0, 0.1) is 0 Å². The van der Waals surface area contributed by atoms with Crippen LogP contribution < -0.4 is 15.2 Å². The molecule has 0 spiro atoms. The first-order chi connectivity index (χ1) is 14.5. The third-order valence-electron chi connectivity index (χ3n) is 5.07. The smallest absolute Gasteiger partial charge is 0.255 e. The summed E-state index contributed by atoms with van der Waals surface area (Å²) in [6.07, 6.45) is 1.69. The van der Waals surface area contributed by atoms with E-state index < -0.39 is 5.91 Å². The van der Waals surface area contributed by atoms with Crippen LogP contribution in [0.5, 0.6) is 11.5 Å². The molecule has 3 aromatic rings. The van der Waals surface area contributed by atoms with Gasteiger partial charge in [0.2, 0.25) is 0 Å². The Morgan fingerprint density at radius 3 is 2.87 bits per heavy atom. The number of halogens is 1. The minimum absolute atomic E-state index is 0.152. The van der Waals surface area contributed by atoms with Gasteiger partial charge in [-0.25, -0.2) is 4.98 Å². The van der Waals surface area contributed by atoms with Gasteiger partial charge in [0.1, 0.15) is 5.82 Å². The summed E-state index contributed by atoms with van der Waals surface area (Å²) in [7, 11) is 1.43. The normalized spacial score (nSPS) is 16.1. The number of benzene rings is 2. The number of methoxy groups -OCH3 is 1. The Bertz CT molecular complexity index is 1080. The van der Waals surface area contributed by atoms with E-state index >= 15 is 0 Å². The lowest BCUT2D eigenvalue weighted by Gasteiger charge is -2.24. The number of nitrogens with one attached hydrogen (secondary N) is 1. The van der Waals surface area contributed by atoms with E-state index in [1.54, 1.807) is 11.0 Å². The number of aromatic nitrogens is 2. The highest BCUT2D eigenvalue weighted by Crippen LogP contribution is 2.38. The van der Waals surface area contributed by atoms with Crippen molar-refractivity contribution in [1.29, 1.82) is 0 Å². The van der Waals surface area contributed by atoms with Gasteiger partial charge in [-0.3, -0.25) is 9.59 Å². The number of para-hydroxylation sites is 2. The standard InChI is InChI=1S/C21H21ClN4O4/c1-29-17-10-12(9-13(22)19(17)30-11-18(23)27)21(28)26-8-4-7-16(26)20-24-14-5-2-3-6-15(14)25-20/h2-3,5-6,9-10,16H,4,7-8,11H2,1H3,(H2,23,27)(H,24,25). The van der Waals surface area contributed by atoms with E-state index in [4.69, 9.17) is 26.8 Å². The number of amides is 2. The molecule has 3 N–H and O–H groups in total. The van der Waals surface area contributed by atoms with Gasteiger partial charge < -0.3 is 25.1 Å². The predicted octanol–water partition coefficient (Wildman–Crippen LogP) is 3.07. The van der Waals surface area contributed by atoms with Crippen molar-refractivity contribution < 1.29 is 19.1 Å². The molecule has 1 unspecified atom stereocenters. The minimum atomic E-state index is -0.640. The molecule has 8 nitrogen and oxygen atoms in total. The summed E-state index contributed by atoms with van der Waals surface area (Å²) in [6.45, 7) is 0.268. The summed E-state index contributed by atoms with van der Waals surface area (Å²) in [6, 6.07) is 10.7. The molecular formula is C21H21ClN4O4. The third kappa shape index (κ3) is 3.78. The zero-order valence-corrected chi connectivity index (χ0v) is 17.1. The molecule has 1 aliphatic heterocycles. The maximum Gasteiger partial charge on any atom is 0.255 e. The van der Waals surface area contributed by atoms with E-state index in [1.807, 2.05) is 24.3 Å². The van der Waals surface area contributed by atoms with E-state index in [9.17, 15) is 9.59 Å². The Hall–Kier alpha value is -3.26. The molecule has 0 radical (unpaired) electrons. The lowest BCUT2D eigenvalue weighted by Crippen LogP contribution is -2.31. The highest BCUT2D eigenvalue weighted by molar-refractivity contribution is 6.32. The monoisotopic (exact) mass is 428 g/mol. The molecular weight excluding hydrogens is 408 g/mol. The molecule has 1 aromatic heterocycles. The topological polar surface area (TPSA) is 111 Å². The molecule has 0 aliphatic carbocycles. The molecule has 1 fully saturated rings. The molecule has 1 aliphatic rings. The average Bonchev–Trinajstić information content (AvgIpc) is 3.38. The Balaban J connectivity index is 1.62. The van der Waals surface area contributed by atoms with E-state index in [2.05, 4.69) is 9.97 Å². The number of ether oxygens (including phenoxy) is 2. The zero-order valence-electron chi connectivity index (χ0n) is 16.4. The van der Waals surface area contributed by atoms with Crippen molar-refractivity contribution in [2.45, 2.75) is 18.9 Å². The summed E-state index contributed by atoms with van der Waals surface area (Å²) >= 11 is 6.31. The van der Waals surface area contributed by atoms with Gasteiger partial charge in [-0.15, -0.1) is 0 Å². The lowest BCUT2D eigenvalue weighted by molar-refractivity contribution is -0.119. The van der Waals surface area contributed by atoms with Crippen molar-refractivity contribution in [1.82, 2.24) is 14.9 Å². The molecule has 1 saturated heterocycles. The van der Waals surface area contributed by atoms with Crippen molar-refractivity contribution in [3.63, 3.8) is 0 Å². The molecule has 0 bridgehead atoms. The van der Waals surface area contributed by atoms with Crippen LogP contribution in [0.3, 0.4) is 0 Å². The second-order valence-corrected chi connectivity index (χ2v) is 7.45. The number of aromatic amines is 1. The number of hydrogen-bond donors (Lipinski definition) is 2. The maximum absolute atomic E-state index is 13.3. The number of fused-ring (bicyclic) bond motifs is 1. The van der Waals surface area contributed by atoms with Crippen molar-refractivity contribution in [3.05, 3.63) is 52.8 Å². The molecule has 4 rings (SSSR count). The quantitative estimate of drug-likeness (QED) is 0.626. The average molecular weight is 429 g/mol. The Morgan fingerprint density at radius 2 is 2.13 bits per heavy atom. The van der Waals surface area contributed by atoms with Crippen molar-refractivity contribution in [2.24, 2.45) is 5.73 Å². The highest BCUT2D eigenvalue weighted by atomic mass is 35.5.